The predicted molar refractivity (Wildman–Crippen MR) is 138 cm³/mol. The Labute approximate surface area is 201 Å². The minimum atomic E-state index is 0.469. The molecule has 0 aliphatic rings. The van der Waals surface area contributed by atoms with Crippen LogP contribution in [0.3, 0.4) is 0 Å². The zero-order chi connectivity index (χ0) is 22.5. The van der Waals surface area contributed by atoms with Gasteiger partial charge in [0.25, 0.3) is 5.55 Å². The maximum Gasteiger partial charge on any atom is 0.251 e. The fourth-order valence-corrected chi connectivity index (χ4v) is 4.37. The molecular weight excluding hydrogens is 472 g/mol. The fraction of sp³-hybridized carbons (Fsp3) is 0. The maximum atomic E-state index is 6.49. The van der Waals surface area contributed by atoms with Gasteiger partial charge in [-0.25, -0.2) is 0 Å². The van der Waals surface area contributed by atoms with E-state index in [9.17, 15) is 0 Å². The Kier molecular flexibility index (Phi) is 6.18. The molecule has 0 aliphatic heterocycles. The molecule has 5 rings (SSSR count). The number of para-hydroxylation sites is 1. The molecule has 0 atom stereocenters. The van der Waals surface area contributed by atoms with Gasteiger partial charge in [0.05, 0.1) is 10.2 Å². The molecule has 1 heterocycles. The molecule has 0 aliphatic carbocycles. The third kappa shape index (κ3) is 4.52. The Morgan fingerprint density at radius 3 is 1.55 bits per heavy atom. The predicted octanol–water partition coefficient (Wildman–Crippen LogP) is 7.97. The quantitative estimate of drug-likeness (QED) is 0.252. The molecule has 0 radical (unpaired) electrons. The molecule has 0 saturated heterocycles. The van der Waals surface area contributed by atoms with Crippen LogP contribution >= 0.6 is 15.9 Å². The molecule has 0 unspecified atom stereocenters. The van der Waals surface area contributed by atoms with E-state index in [1.54, 1.807) is 0 Å². The van der Waals surface area contributed by atoms with Crippen molar-refractivity contribution in [2.24, 2.45) is 5.10 Å². The van der Waals surface area contributed by atoms with Crippen molar-refractivity contribution >= 4 is 21.6 Å². The molecule has 0 bridgehead atoms. The number of halogens is 1. The summed E-state index contributed by atoms with van der Waals surface area (Å²) in [5.41, 5.74) is 9.64. The van der Waals surface area contributed by atoms with E-state index in [-0.39, 0.29) is 0 Å². The van der Waals surface area contributed by atoms with Gasteiger partial charge in [0.15, 0.2) is 0 Å². The summed E-state index contributed by atoms with van der Waals surface area (Å²) in [5.74, 6) is 0.762. The summed E-state index contributed by atoms with van der Waals surface area (Å²) in [4.78, 5) is 0. The van der Waals surface area contributed by atoms with Gasteiger partial charge in [-0.15, -0.1) is 5.10 Å². The maximum absolute atomic E-state index is 6.49. The first-order valence-corrected chi connectivity index (χ1v) is 11.5. The smallest absolute Gasteiger partial charge is 0.251 e. The summed E-state index contributed by atoms with van der Waals surface area (Å²) < 4.78 is 7.28. The second-order valence-electron chi connectivity index (χ2n) is 7.49. The van der Waals surface area contributed by atoms with Crippen LogP contribution in [0.1, 0.15) is 0 Å². The van der Waals surface area contributed by atoms with Gasteiger partial charge in [0, 0.05) is 16.7 Å². The fourth-order valence-electron chi connectivity index (χ4n) is 3.77. The number of anilines is 1. The summed E-state index contributed by atoms with van der Waals surface area (Å²) in [6.45, 7) is 0. The molecular formula is C29H21BrN2O. The van der Waals surface area contributed by atoms with Crippen LogP contribution in [0.4, 0.5) is 5.69 Å². The minimum absolute atomic E-state index is 0.469. The van der Waals surface area contributed by atoms with E-state index in [0.717, 1.165) is 43.7 Å². The molecule has 3 nitrogen and oxygen atoms in total. The van der Waals surface area contributed by atoms with Crippen molar-refractivity contribution in [1.82, 2.24) is 0 Å². The van der Waals surface area contributed by atoms with E-state index in [4.69, 9.17) is 4.42 Å². The third-order valence-electron chi connectivity index (χ3n) is 5.30. The van der Waals surface area contributed by atoms with Crippen LogP contribution in [-0.4, -0.2) is 0 Å². The molecule has 0 spiro atoms. The summed E-state index contributed by atoms with van der Waals surface area (Å²) in [6, 6.07) is 40.6. The van der Waals surface area contributed by atoms with E-state index in [0.29, 0.717) is 5.55 Å². The van der Waals surface area contributed by atoms with Crippen LogP contribution in [0, 0.1) is 0 Å². The first kappa shape index (κ1) is 21.0. The van der Waals surface area contributed by atoms with Gasteiger partial charge in [0.1, 0.15) is 5.76 Å². The largest absolute Gasteiger partial charge is 0.435 e. The number of nitrogens with one attached hydrogen (secondary N) is 1. The molecule has 0 fully saturated rings. The van der Waals surface area contributed by atoms with Gasteiger partial charge in [-0.2, -0.15) is 0 Å². The van der Waals surface area contributed by atoms with E-state index < -0.39 is 0 Å². The van der Waals surface area contributed by atoms with Gasteiger partial charge in [0.2, 0.25) is 0 Å². The topological polar surface area (TPSA) is 37.5 Å². The van der Waals surface area contributed by atoms with Crippen molar-refractivity contribution < 1.29 is 4.42 Å². The lowest BCUT2D eigenvalue weighted by Crippen LogP contribution is -2.11. The van der Waals surface area contributed by atoms with Crippen molar-refractivity contribution in [2.45, 2.75) is 0 Å². The standard InChI is InChI=1S/C29H21BrN2O/c30-27-25(21-13-5-1-6-14-21)26(22-15-7-2-8-16-22)28(23-17-9-3-10-18-23)33-29(27)32-31-24-19-11-4-12-20-24/h1-20,31H/b32-29-. The highest BCUT2D eigenvalue weighted by molar-refractivity contribution is 9.10. The summed E-state index contributed by atoms with van der Waals surface area (Å²) in [7, 11) is 0. The summed E-state index contributed by atoms with van der Waals surface area (Å²) >= 11 is 3.82. The Morgan fingerprint density at radius 1 is 0.545 bits per heavy atom. The van der Waals surface area contributed by atoms with E-state index in [2.05, 4.69) is 62.9 Å². The van der Waals surface area contributed by atoms with Crippen molar-refractivity contribution in [3.63, 3.8) is 0 Å². The number of hydrogen-bond acceptors (Lipinski definition) is 3. The number of rotatable bonds is 5. The number of hydrogen-bond donors (Lipinski definition) is 1. The summed E-state index contributed by atoms with van der Waals surface area (Å²) in [6.07, 6.45) is 0. The van der Waals surface area contributed by atoms with Crippen molar-refractivity contribution in [2.75, 3.05) is 5.43 Å². The Morgan fingerprint density at radius 2 is 1.00 bits per heavy atom. The van der Waals surface area contributed by atoms with E-state index in [1.165, 1.54) is 0 Å². The highest BCUT2D eigenvalue weighted by atomic mass is 79.9. The Balaban J connectivity index is 1.83. The van der Waals surface area contributed by atoms with Gasteiger partial charge in [-0.3, -0.25) is 5.43 Å². The first-order valence-electron chi connectivity index (χ1n) is 10.7. The zero-order valence-electron chi connectivity index (χ0n) is 17.8. The highest BCUT2D eigenvalue weighted by Gasteiger charge is 2.21. The van der Waals surface area contributed by atoms with Gasteiger partial charge >= 0.3 is 0 Å². The Hall–Kier alpha value is -3.89. The first-order chi connectivity index (χ1) is 16.3. The molecule has 4 aromatic carbocycles. The van der Waals surface area contributed by atoms with Gasteiger partial charge in [-0.1, -0.05) is 109 Å². The zero-order valence-corrected chi connectivity index (χ0v) is 19.4. The normalized spacial score (nSPS) is 11.4. The van der Waals surface area contributed by atoms with Crippen LogP contribution < -0.4 is 11.0 Å². The minimum Gasteiger partial charge on any atom is -0.435 e. The average Bonchev–Trinajstić information content (AvgIpc) is 2.90. The van der Waals surface area contributed by atoms with E-state index >= 15 is 0 Å². The molecule has 5 aromatic rings. The molecule has 4 heteroatoms. The lowest BCUT2D eigenvalue weighted by molar-refractivity contribution is 0.505. The number of benzene rings is 4. The third-order valence-corrected chi connectivity index (χ3v) is 6.04. The lowest BCUT2D eigenvalue weighted by atomic mass is 9.92. The van der Waals surface area contributed by atoms with Crippen molar-refractivity contribution in [3.05, 3.63) is 131 Å². The highest BCUT2D eigenvalue weighted by Crippen LogP contribution is 2.42. The van der Waals surface area contributed by atoms with Crippen LogP contribution in [-0.2, 0) is 0 Å². The molecule has 0 amide bonds. The van der Waals surface area contributed by atoms with Gasteiger partial charge < -0.3 is 4.42 Å². The molecule has 1 aromatic heterocycles. The van der Waals surface area contributed by atoms with Crippen molar-refractivity contribution in [1.29, 1.82) is 0 Å². The molecule has 0 saturated carbocycles. The van der Waals surface area contributed by atoms with Crippen LogP contribution in [0.2, 0.25) is 0 Å². The molecule has 160 valence electrons. The van der Waals surface area contributed by atoms with Gasteiger partial charge in [-0.05, 0) is 39.2 Å². The van der Waals surface area contributed by atoms with Crippen LogP contribution in [0.25, 0.3) is 33.6 Å². The molecule has 1 N–H and O–H groups in total. The van der Waals surface area contributed by atoms with E-state index in [1.807, 2.05) is 84.9 Å². The second-order valence-corrected chi connectivity index (χ2v) is 8.28. The SMILES string of the molecule is Brc1c(-c2ccccc2)c(-c2ccccc2)c(-c2ccccc2)o/c1=N\Nc1ccccc1. The van der Waals surface area contributed by atoms with Crippen LogP contribution in [0.15, 0.2) is 135 Å². The number of nitrogens with zero attached hydrogens (tertiary/aromatic N) is 1. The monoisotopic (exact) mass is 492 g/mol. The average molecular weight is 493 g/mol. The molecule has 33 heavy (non-hydrogen) atoms. The lowest BCUT2D eigenvalue weighted by Gasteiger charge is -2.17. The van der Waals surface area contributed by atoms with Crippen LogP contribution in [0.5, 0.6) is 0 Å². The second kappa shape index (κ2) is 9.72. The summed E-state index contributed by atoms with van der Waals surface area (Å²) in [5, 5.41) is 4.62. The Bertz CT molecular complexity index is 1420. The van der Waals surface area contributed by atoms with Crippen molar-refractivity contribution in [3.8, 4) is 33.6 Å².